The fourth-order valence-electron chi connectivity index (χ4n) is 5.28. The van der Waals surface area contributed by atoms with E-state index in [4.69, 9.17) is 0 Å². The van der Waals surface area contributed by atoms with Gasteiger partial charge in [0.2, 0.25) is 5.91 Å². The van der Waals surface area contributed by atoms with Crippen LogP contribution >= 0.6 is 0 Å². The maximum atomic E-state index is 14.4. The summed E-state index contributed by atoms with van der Waals surface area (Å²) in [5.74, 6) is -0.864. The molecule has 1 aliphatic carbocycles. The van der Waals surface area contributed by atoms with E-state index in [1.807, 2.05) is 31.1 Å². The van der Waals surface area contributed by atoms with Gasteiger partial charge in [-0.15, -0.1) is 0 Å². The molecule has 3 aliphatic rings. The van der Waals surface area contributed by atoms with Crippen molar-refractivity contribution in [3.8, 4) is 6.07 Å². The smallest absolute Gasteiger partial charge is 0.270 e. The molecule has 2 aliphatic heterocycles. The summed E-state index contributed by atoms with van der Waals surface area (Å²) in [5.41, 5.74) is 5.82. The fraction of sp³-hybridized carbons (Fsp3) is 0.407. The Morgan fingerprint density at radius 3 is 2.75 bits per heavy atom. The van der Waals surface area contributed by atoms with Crippen molar-refractivity contribution in [1.82, 2.24) is 20.7 Å². The topological polar surface area (TPSA) is 101 Å². The Morgan fingerprint density at radius 2 is 2.08 bits per heavy atom. The second kappa shape index (κ2) is 9.03. The summed E-state index contributed by atoms with van der Waals surface area (Å²) >= 11 is 0. The van der Waals surface area contributed by atoms with Crippen molar-refractivity contribution < 1.29 is 14.0 Å². The first kappa shape index (κ1) is 23.9. The molecule has 2 aromatic rings. The van der Waals surface area contributed by atoms with Crippen molar-refractivity contribution in [2.24, 2.45) is 11.3 Å². The number of nitrogens with one attached hydrogen (secondary N) is 2. The van der Waals surface area contributed by atoms with E-state index in [1.165, 1.54) is 12.1 Å². The van der Waals surface area contributed by atoms with E-state index in [1.54, 1.807) is 24.0 Å². The van der Waals surface area contributed by atoms with Gasteiger partial charge in [0.25, 0.3) is 5.91 Å². The number of anilines is 1. The van der Waals surface area contributed by atoms with Crippen molar-refractivity contribution >= 4 is 23.2 Å². The van der Waals surface area contributed by atoms with Gasteiger partial charge in [-0.25, -0.2) is 14.8 Å². The molecule has 1 saturated carbocycles. The van der Waals surface area contributed by atoms with Crippen LogP contribution < -0.4 is 15.6 Å². The number of benzene rings is 1. The summed E-state index contributed by atoms with van der Waals surface area (Å²) in [5, 5.41) is 14.4. The standard InChI is InChI=1S/C27H29FN6O2/c1-16-8-22(34-7-6-27(15-29,26(34)36)20-4-5-20)13-23(31-16)25(35)30-14-18-10-19(12-21(28)11-18)24-9-17(2)32-33(24)3/h8-13,17,20,32H,4-7,14H2,1-3H3,(H,30,35). The van der Waals surface area contributed by atoms with Crippen LogP contribution in [-0.4, -0.2) is 41.4 Å². The lowest BCUT2D eigenvalue weighted by atomic mass is 9.83. The van der Waals surface area contributed by atoms with Gasteiger partial charge >= 0.3 is 0 Å². The first-order valence-corrected chi connectivity index (χ1v) is 12.2. The molecule has 1 saturated heterocycles. The predicted octanol–water partition coefficient (Wildman–Crippen LogP) is 3.30. The Balaban J connectivity index is 1.32. The predicted molar refractivity (Wildman–Crippen MR) is 133 cm³/mol. The number of aryl methyl sites for hydroxylation is 1. The fourth-order valence-corrected chi connectivity index (χ4v) is 5.28. The second-order valence-electron chi connectivity index (χ2n) is 9.98. The number of amides is 2. The number of carbonyl (C=O) groups is 2. The van der Waals surface area contributed by atoms with Gasteiger partial charge in [-0.1, -0.05) is 0 Å². The van der Waals surface area contributed by atoms with Gasteiger partial charge in [0.1, 0.15) is 16.9 Å². The highest BCUT2D eigenvalue weighted by Gasteiger charge is 2.56. The largest absolute Gasteiger partial charge is 0.347 e. The summed E-state index contributed by atoms with van der Waals surface area (Å²) in [7, 11) is 1.87. The molecule has 0 bridgehead atoms. The molecule has 2 unspecified atom stereocenters. The van der Waals surface area contributed by atoms with Crippen LogP contribution in [0.25, 0.3) is 5.70 Å². The second-order valence-corrected chi connectivity index (χ2v) is 9.98. The minimum atomic E-state index is -0.954. The van der Waals surface area contributed by atoms with Gasteiger partial charge in [0, 0.05) is 43.1 Å². The van der Waals surface area contributed by atoms with E-state index in [9.17, 15) is 19.2 Å². The van der Waals surface area contributed by atoms with Crippen LogP contribution in [0.1, 0.15) is 53.5 Å². The van der Waals surface area contributed by atoms with Crippen molar-refractivity contribution in [2.45, 2.75) is 45.7 Å². The van der Waals surface area contributed by atoms with Crippen LogP contribution in [0.2, 0.25) is 0 Å². The Labute approximate surface area is 209 Å². The number of nitriles is 1. The third kappa shape index (κ3) is 4.33. The Bertz CT molecular complexity index is 1310. The number of nitrogens with zero attached hydrogens (tertiary/aromatic N) is 4. The lowest BCUT2D eigenvalue weighted by Crippen LogP contribution is -2.35. The van der Waals surface area contributed by atoms with Crippen molar-refractivity contribution in [2.75, 3.05) is 18.5 Å². The molecule has 1 aromatic carbocycles. The number of rotatable bonds is 6. The number of pyridine rings is 1. The van der Waals surface area contributed by atoms with Crippen LogP contribution in [0.3, 0.4) is 0 Å². The zero-order chi connectivity index (χ0) is 25.6. The molecule has 0 spiro atoms. The van der Waals surface area contributed by atoms with E-state index < -0.39 is 11.3 Å². The molecule has 0 radical (unpaired) electrons. The van der Waals surface area contributed by atoms with Crippen LogP contribution in [0, 0.1) is 35.4 Å². The van der Waals surface area contributed by atoms with Gasteiger partial charge in [-0.05, 0) is 81.0 Å². The molecule has 8 nitrogen and oxygen atoms in total. The minimum absolute atomic E-state index is 0.121. The van der Waals surface area contributed by atoms with E-state index in [0.717, 1.165) is 24.1 Å². The average Bonchev–Trinajstić information content (AvgIpc) is 3.56. The molecule has 186 valence electrons. The third-order valence-electron chi connectivity index (χ3n) is 7.19. The van der Waals surface area contributed by atoms with Crippen LogP contribution in [-0.2, 0) is 11.3 Å². The van der Waals surface area contributed by atoms with Gasteiger partial charge in [-0.2, -0.15) is 5.26 Å². The normalized spacial score (nSPS) is 23.6. The van der Waals surface area contributed by atoms with Gasteiger partial charge < -0.3 is 15.2 Å². The molecule has 36 heavy (non-hydrogen) atoms. The van der Waals surface area contributed by atoms with E-state index in [0.29, 0.717) is 29.9 Å². The molecule has 2 fully saturated rings. The Morgan fingerprint density at radius 1 is 1.31 bits per heavy atom. The number of aromatic nitrogens is 1. The minimum Gasteiger partial charge on any atom is -0.347 e. The number of carbonyl (C=O) groups excluding carboxylic acids is 2. The van der Waals surface area contributed by atoms with E-state index >= 15 is 0 Å². The maximum Gasteiger partial charge on any atom is 0.270 e. The average molecular weight is 489 g/mol. The maximum absolute atomic E-state index is 14.4. The Hall–Kier alpha value is -3.77. The molecule has 2 amide bonds. The van der Waals surface area contributed by atoms with E-state index in [-0.39, 0.29) is 35.9 Å². The lowest BCUT2D eigenvalue weighted by Gasteiger charge is -2.21. The summed E-state index contributed by atoms with van der Waals surface area (Å²) in [6, 6.07) is 10.5. The summed E-state index contributed by atoms with van der Waals surface area (Å²) < 4.78 is 14.4. The molecule has 5 rings (SSSR count). The number of hydrogen-bond acceptors (Lipinski definition) is 6. The summed E-state index contributed by atoms with van der Waals surface area (Å²) in [6.07, 6.45) is 4.32. The molecule has 2 N–H and O–H groups in total. The summed E-state index contributed by atoms with van der Waals surface area (Å²) in [6.45, 7) is 4.33. The van der Waals surface area contributed by atoms with Crippen LogP contribution in [0.5, 0.6) is 0 Å². The molecular formula is C27H29FN6O2. The SMILES string of the molecule is Cc1cc(N2CCC(C#N)(C3CC3)C2=O)cc(C(=O)NCc2cc(F)cc(C3=CC(C)NN3C)c2)n1. The van der Waals surface area contributed by atoms with E-state index in [2.05, 4.69) is 21.8 Å². The first-order valence-electron chi connectivity index (χ1n) is 12.2. The molecule has 1 aromatic heterocycles. The molecular weight excluding hydrogens is 459 g/mol. The highest BCUT2D eigenvalue weighted by Crippen LogP contribution is 2.51. The monoisotopic (exact) mass is 488 g/mol. The Kier molecular flexibility index (Phi) is 6.00. The first-order chi connectivity index (χ1) is 17.2. The number of hydrazine groups is 1. The summed E-state index contributed by atoms with van der Waals surface area (Å²) in [4.78, 5) is 32.1. The quantitative estimate of drug-likeness (QED) is 0.647. The zero-order valence-electron chi connectivity index (χ0n) is 20.6. The highest BCUT2D eigenvalue weighted by atomic mass is 19.1. The van der Waals surface area contributed by atoms with Gasteiger partial charge in [-0.3, -0.25) is 9.59 Å². The van der Waals surface area contributed by atoms with Crippen molar-refractivity contribution in [3.05, 3.63) is 64.7 Å². The number of hydrogen-bond donors (Lipinski definition) is 2. The number of halogens is 1. The van der Waals surface area contributed by atoms with Crippen LogP contribution in [0.15, 0.2) is 36.4 Å². The van der Waals surface area contributed by atoms with Crippen molar-refractivity contribution in [3.63, 3.8) is 0 Å². The third-order valence-corrected chi connectivity index (χ3v) is 7.19. The molecule has 9 heteroatoms. The highest BCUT2D eigenvalue weighted by molar-refractivity contribution is 6.03. The van der Waals surface area contributed by atoms with Crippen molar-refractivity contribution in [1.29, 1.82) is 5.26 Å². The zero-order valence-corrected chi connectivity index (χ0v) is 20.6. The molecule has 2 atom stereocenters. The lowest BCUT2D eigenvalue weighted by molar-refractivity contribution is -0.123. The molecule has 3 heterocycles. The van der Waals surface area contributed by atoms with Gasteiger partial charge in [0.15, 0.2) is 0 Å². The van der Waals surface area contributed by atoms with Gasteiger partial charge in [0.05, 0.1) is 11.8 Å². The van der Waals surface area contributed by atoms with Crippen LogP contribution in [0.4, 0.5) is 10.1 Å².